The Labute approximate surface area is 229 Å². The number of halogens is 1. The highest BCUT2D eigenvalue weighted by molar-refractivity contribution is 7.89. The number of carbonyl (C=O) groups excluding carboxylic acids is 2. The molecule has 1 aliphatic heterocycles. The van der Waals surface area contributed by atoms with Crippen LogP contribution in [0.2, 0.25) is 5.02 Å². The second kappa shape index (κ2) is 10.3. The van der Waals surface area contributed by atoms with Gasteiger partial charge in [0.2, 0.25) is 5.91 Å². The summed E-state index contributed by atoms with van der Waals surface area (Å²) in [6, 6.07) is 11.4. The minimum atomic E-state index is -3.96. The zero-order chi connectivity index (χ0) is 27.2. The molecule has 10 nitrogen and oxygen atoms in total. The zero-order valence-corrected chi connectivity index (χ0v) is 23.5. The maximum atomic E-state index is 13.6. The number of sulfonamides is 1. The predicted octanol–water partition coefficient (Wildman–Crippen LogP) is 2.75. The number of piperazine rings is 1. The molecule has 4 aromatic rings. The van der Waals surface area contributed by atoms with Crippen LogP contribution in [-0.4, -0.2) is 91.1 Å². The smallest absolute Gasteiger partial charge is 0.283 e. The molecule has 3 heterocycles. The molecule has 2 aromatic heterocycles. The summed E-state index contributed by atoms with van der Waals surface area (Å²) < 4.78 is 29.1. The van der Waals surface area contributed by atoms with Gasteiger partial charge in [-0.3, -0.25) is 9.59 Å². The van der Waals surface area contributed by atoms with Gasteiger partial charge in [0.05, 0.1) is 10.2 Å². The van der Waals surface area contributed by atoms with Gasteiger partial charge < -0.3 is 20.1 Å². The average molecular weight is 575 g/mol. The Hall–Kier alpha value is -3.03. The highest BCUT2D eigenvalue weighted by atomic mass is 35.5. The van der Waals surface area contributed by atoms with Gasteiger partial charge in [-0.05, 0) is 50.0 Å². The lowest BCUT2D eigenvalue weighted by Crippen LogP contribution is -2.61. The Morgan fingerprint density at radius 2 is 2.00 bits per heavy atom. The van der Waals surface area contributed by atoms with Crippen molar-refractivity contribution in [3.8, 4) is 0 Å². The second-order valence-corrected chi connectivity index (χ2v) is 12.8. The van der Waals surface area contributed by atoms with Crippen molar-refractivity contribution in [2.24, 2.45) is 0 Å². The number of benzene rings is 2. The van der Waals surface area contributed by atoms with Crippen LogP contribution >= 0.6 is 22.9 Å². The number of fused-ring (bicyclic) bond motifs is 2. The van der Waals surface area contributed by atoms with E-state index in [2.05, 4.69) is 15.3 Å². The summed E-state index contributed by atoms with van der Waals surface area (Å²) in [4.78, 5) is 37.5. The third-order valence-corrected chi connectivity index (χ3v) is 9.53. The van der Waals surface area contributed by atoms with Crippen molar-refractivity contribution < 1.29 is 18.0 Å². The summed E-state index contributed by atoms with van der Waals surface area (Å²) in [5, 5.41) is 4.00. The van der Waals surface area contributed by atoms with E-state index in [9.17, 15) is 18.0 Å². The van der Waals surface area contributed by atoms with Crippen molar-refractivity contribution in [3.05, 3.63) is 58.1 Å². The van der Waals surface area contributed by atoms with Crippen molar-refractivity contribution in [3.63, 3.8) is 0 Å². The lowest BCUT2D eigenvalue weighted by Gasteiger charge is -2.39. The molecule has 5 rings (SSSR count). The number of aromatic amines is 1. The highest BCUT2D eigenvalue weighted by Gasteiger charge is 2.41. The molecule has 0 radical (unpaired) electrons. The summed E-state index contributed by atoms with van der Waals surface area (Å²) in [5.41, 5.74) is 2.39. The fourth-order valence-electron chi connectivity index (χ4n) is 4.65. The van der Waals surface area contributed by atoms with E-state index in [-0.39, 0.29) is 29.7 Å². The standard InChI is InChI=1S/C25H27ClN6O4S2/c1-27-23(33)19-14-31(38(35,36)21-12-16-11-17(26)7-8-18(16)28-21)9-10-32(19)25(34)24-29-22-15(13-30(2)3)5-4-6-20(22)37-24/h4-8,11-12,19,28H,9-10,13-14H2,1-3H3,(H,27,33). The molecule has 0 bridgehead atoms. The number of aromatic nitrogens is 2. The maximum absolute atomic E-state index is 13.6. The molecule has 38 heavy (non-hydrogen) atoms. The lowest BCUT2D eigenvalue weighted by molar-refractivity contribution is -0.126. The Balaban J connectivity index is 1.43. The number of nitrogens with one attached hydrogen (secondary N) is 2. The van der Waals surface area contributed by atoms with Gasteiger partial charge in [-0.15, -0.1) is 11.3 Å². The summed E-state index contributed by atoms with van der Waals surface area (Å²) in [6.07, 6.45) is 0. The number of H-pyrrole nitrogens is 1. The molecule has 2 N–H and O–H groups in total. The summed E-state index contributed by atoms with van der Waals surface area (Å²) in [7, 11) is 1.42. The number of hydrogen-bond acceptors (Lipinski definition) is 7. The molecular formula is C25H27ClN6O4S2. The molecule has 0 saturated carbocycles. The fraction of sp³-hybridized carbons (Fsp3) is 0.320. The van der Waals surface area contributed by atoms with Crippen molar-refractivity contribution in [2.45, 2.75) is 17.6 Å². The zero-order valence-electron chi connectivity index (χ0n) is 21.1. The second-order valence-electron chi connectivity index (χ2n) is 9.38. The number of para-hydroxylation sites is 1. The number of amides is 2. The summed E-state index contributed by atoms with van der Waals surface area (Å²) in [5.74, 6) is -0.844. The van der Waals surface area contributed by atoms with Crippen molar-refractivity contribution in [2.75, 3.05) is 40.8 Å². The van der Waals surface area contributed by atoms with E-state index in [1.807, 2.05) is 37.2 Å². The van der Waals surface area contributed by atoms with Crippen LogP contribution in [0.5, 0.6) is 0 Å². The molecule has 1 saturated heterocycles. The number of thiazole rings is 1. The molecule has 0 aliphatic carbocycles. The van der Waals surface area contributed by atoms with Gasteiger partial charge in [0.1, 0.15) is 11.1 Å². The first-order valence-corrected chi connectivity index (χ1v) is 14.6. The van der Waals surface area contributed by atoms with Gasteiger partial charge in [0.25, 0.3) is 15.9 Å². The molecule has 1 atom stereocenters. The predicted molar refractivity (Wildman–Crippen MR) is 148 cm³/mol. The van der Waals surface area contributed by atoms with Crippen molar-refractivity contribution in [1.82, 2.24) is 29.4 Å². The van der Waals surface area contributed by atoms with Crippen molar-refractivity contribution >= 4 is 65.9 Å². The molecule has 13 heteroatoms. The van der Waals surface area contributed by atoms with Crippen LogP contribution in [0, 0.1) is 0 Å². The molecular weight excluding hydrogens is 548 g/mol. The maximum Gasteiger partial charge on any atom is 0.283 e. The Morgan fingerprint density at radius 1 is 1.21 bits per heavy atom. The van der Waals surface area contributed by atoms with Crippen molar-refractivity contribution in [1.29, 1.82) is 0 Å². The Bertz CT molecular complexity index is 1650. The Morgan fingerprint density at radius 3 is 2.74 bits per heavy atom. The number of rotatable bonds is 6. The van der Waals surface area contributed by atoms with E-state index in [1.54, 1.807) is 18.2 Å². The first kappa shape index (κ1) is 26.6. The van der Waals surface area contributed by atoms with Crippen LogP contribution in [0.1, 0.15) is 15.4 Å². The topological polar surface area (TPSA) is 119 Å². The van der Waals surface area contributed by atoms with Crippen LogP contribution in [0.3, 0.4) is 0 Å². The molecule has 200 valence electrons. The average Bonchev–Trinajstić information content (AvgIpc) is 3.52. The monoisotopic (exact) mass is 574 g/mol. The van der Waals surface area contributed by atoms with E-state index in [1.165, 1.54) is 33.7 Å². The van der Waals surface area contributed by atoms with Crippen LogP contribution in [0.15, 0.2) is 47.5 Å². The number of carbonyl (C=O) groups is 2. The van der Waals surface area contributed by atoms with Gasteiger partial charge in [-0.1, -0.05) is 23.7 Å². The first-order chi connectivity index (χ1) is 18.1. The fourth-order valence-corrected chi connectivity index (χ4v) is 7.26. The minimum Gasteiger partial charge on any atom is -0.357 e. The highest BCUT2D eigenvalue weighted by Crippen LogP contribution is 2.29. The van der Waals surface area contributed by atoms with E-state index in [4.69, 9.17) is 11.6 Å². The van der Waals surface area contributed by atoms with E-state index in [0.29, 0.717) is 22.5 Å². The van der Waals surface area contributed by atoms with E-state index >= 15 is 0 Å². The first-order valence-electron chi connectivity index (χ1n) is 11.9. The van der Waals surface area contributed by atoms with Gasteiger partial charge in [0, 0.05) is 49.2 Å². The number of hydrogen-bond donors (Lipinski definition) is 2. The van der Waals surface area contributed by atoms with Crippen LogP contribution in [-0.2, 0) is 21.4 Å². The van der Waals surface area contributed by atoms with E-state index in [0.717, 1.165) is 15.8 Å². The summed E-state index contributed by atoms with van der Waals surface area (Å²) >= 11 is 7.32. The third-order valence-electron chi connectivity index (χ3n) is 6.50. The SMILES string of the molecule is CNC(=O)C1CN(S(=O)(=O)c2cc3cc(Cl)ccc3[nH]2)CCN1C(=O)c1nc2c(CN(C)C)cccc2s1. The molecule has 1 aliphatic rings. The van der Waals surface area contributed by atoms with Gasteiger partial charge in [0.15, 0.2) is 5.01 Å². The lowest BCUT2D eigenvalue weighted by atomic mass is 10.1. The molecule has 0 spiro atoms. The quantitative estimate of drug-likeness (QED) is 0.365. The molecule has 2 aromatic carbocycles. The number of likely N-dealkylation sites (N-methyl/N-ethyl adjacent to an activating group) is 1. The Kier molecular flexibility index (Phi) is 7.18. The van der Waals surface area contributed by atoms with Gasteiger partial charge >= 0.3 is 0 Å². The molecule has 1 unspecified atom stereocenters. The molecule has 2 amide bonds. The molecule has 1 fully saturated rings. The van der Waals surface area contributed by atoms with Gasteiger partial charge in [-0.2, -0.15) is 4.31 Å². The van der Waals surface area contributed by atoms with E-state index < -0.39 is 27.9 Å². The summed E-state index contributed by atoms with van der Waals surface area (Å²) in [6.45, 7) is 0.573. The number of nitrogens with zero attached hydrogens (tertiary/aromatic N) is 4. The minimum absolute atomic E-state index is 0.00444. The van der Waals surface area contributed by atoms with Crippen LogP contribution < -0.4 is 5.32 Å². The normalized spacial score (nSPS) is 17.0. The van der Waals surface area contributed by atoms with Crippen LogP contribution in [0.25, 0.3) is 21.1 Å². The van der Waals surface area contributed by atoms with Crippen LogP contribution in [0.4, 0.5) is 0 Å². The van der Waals surface area contributed by atoms with Gasteiger partial charge in [-0.25, -0.2) is 13.4 Å². The largest absolute Gasteiger partial charge is 0.357 e. The third kappa shape index (κ3) is 4.90.